The van der Waals surface area contributed by atoms with Crippen LogP contribution < -0.4 is 11.5 Å². The highest BCUT2D eigenvalue weighted by Gasteiger charge is 2.35. The quantitative estimate of drug-likeness (QED) is 0.398. The van der Waals surface area contributed by atoms with E-state index >= 15 is 0 Å². The maximum atomic E-state index is 11.6. The van der Waals surface area contributed by atoms with Crippen LogP contribution in [0.5, 0.6) is 0 Å². The lowest BCUT2D eigenvalue weighted by atomic mass is 10.1. The molecule has 0 spiro atoms. The molecule has 0 aromatic carbocycles. The molecule has 3 atom stereocenters. The Hall–Kier alpha value is -1.65. The smallest absolute Gasteiger partial charge is 0.247 e. The molecular weight excluding hydrogens is 463 g/mol. The predicted octanol–water partition coefficient (Wildman–Crippen LogP) is 0.573. The molecule has 2 rings (SSSR count). The van der Waals surface area contributed by atoms with E-state index in [-0.39, 0.29) is 11.8 Å². The van der Waals surface area contributed by atoms with Crippen molar-refractivity contribution in [3.05, 3.63) is 11.6 Å². The van der Waals surface area contributed by atoms with Gasteiger partial charge in [-0.2, -0.15) is 0 Å². The van der Waals surface area contributed by atoms with Gasteiger partial charge in [0.05, 0.1) is 0 Å². The number of rotatable bonds is 7. The number of nitrogens with zero attached hydrogens (tertiary/aromatic N) is 2. The SMILES string of the molecule is CC[C@@H](C(N)=O)N1CC(C)=CC1=O.CC[C@@H](C(N)=O)N1CC(CI)CC1=O. The number of alkyl halides is 1. The first-order valence-corrected chi connectivity index (χ1v) is 10.6. The van der Waals surface area contributed by atoms with E-state index in [0.717, 1.165) is 10.0 Å². The summed E-state index contributed by atoms with van der Waals surface area (Å²) in [6.45, 7) is 6.80. The Balaban J connectivity index is 0.000000271. The topological polar surface area (TPSA) is 127 Å². The van der Waals surface area contributed by atoms with E-state index in [0.29, 0.717) is 38.3 Å². The molecule has 2 aliphatic heterocycles. The van der Waals surface area contributed by atoms with Gasteiger partial charge in [-0.15, -0.1) is 0 Å². The van der Waals surface area contributed by atoms with Gasteiger partial charge in [0.1, 0.15) is 12.1 Å². The number of carbonyl (C=O) groups excluding carboxylic acids is 4. The Labute approximate surface area is 173 Å². The minimum atomic E-state index is -0.457. The third-order valence-corrected chi connectivity index (χ3v) is 5.96. The van der Waals surface area contributed by atoms with Crippen LogP contribution in [0.25, 0.3) is 0 Å². The summed E-state index contributed by atoms with van der Waals surface area (Å²) in [4.78, 5) is 48.1. The third kappa shape index (κ3) is 6.18. The van der Waals surface area contributed by atoms with Gasteiger partial charge in [-0.25, -0.2) is 0 Å². The van der Waals surface area contributed by atoms with Crippen molar-refractivity contribution in [3.63, 3.8) is 0 Å². The molecule has 4 N–H and O–H groups in total. The molecule has 0 aliphatic carbocycles. The van der Waals surface area contributed by atoms with E-state index in [1.165, 1.54) is 4.90 Å². The fourth-order valence-electron chi connectivity index (χ4n) is 3.31. The molecule has 0 bridgehead atoms. The van der Waals surface area contributed by atoms with Crippen molar-refractivity contribution in [1.82, 2.24) is 9.80 Å². The monoisotopic (exact) mass is 492 g/mol. The van der Waals surface area contributed by atoms with Crippen molar-refractivity contribution in [1.29, 1.82) is 0 Å². The van der Waals surface area contributed by atoms with E-state index in [1.807, 2.05) is 20.8 Å². The number of amides is 4. The first kappa shape index (κ1) is 23.4. The van der Waals surface area contributed by atoms with Gasteiger partial charge < -0.3 is 21.3 Å². The summed E-state index contributed by atoms with van der Waals surface area (Å²) in [5.41, 5.74) is 11.4. The van der Waals surface area contributed by atoms with Crippen LogP contribution in [0.15, 0.2) is 11.6 Å². The van der Waals surface area contributed by atoms with Gasteiger partial charge in [0.15, 0.2) is 0 Å². The average molecular weight is 492 g/mol. The number of hydrogen-bond donors (Lipinski definition) is 2. The molecule has 0 radical (unpaired) electrons. The average Bonchev–Trinajstić information content (AvgIpc) is 3.11. The number of carbonyl (C=O) groups is 4. The summed E-state index contributed by atoms with van der Waals surface area (Å²) in [5.74, 6) is -0.481. The lowest BCUT2D eigenvalue weighted by Crippen LogP contribution is -2.45. The Bertz CT molecular complexity index is 622. The molecule has 1 fully saturated rings. The first-order chi connectivity index (χ1) is 12.7. The Morgan fingerprint density at radius 3 is 2.00 bits per heavy atom. The van der Waals surface area contributed by atoms with Crippen molar-refractivity contribution in [3.8, 4) is 0 Å². The minimum Gasteiger partial charge on any atom is -0.368 e. The van der Waals surface area contributed by atoms with E-state index in [4.69, 9.17) is 11.5 Å². The first-order valence-electron chi connectivity index (χ1n) is 9.07. The largest absolute Gasteiger partial charge is 0.368 e. The third-order valence-electron chi connectivity index (χ3n) is 4.71. The number of halogens is 1. The summed E-state index contributed by atoms with van der Waals surface area (Å²) < 4.78 is 0.954. The second kappa shape index (κ2) is 10.6. The van der Waals surface area contributed by atoms with Gasteiger partial charge in [-0.3, -0.25) is 19.2 Å². The van der Waals surface area contributed by atoms with Crippen molar-refractivity contribution in [2.24, 2.45) is 17.4 Å². The summed E-state index contributed by atoms with van der Waals surface area (Å²) in [7, 11) is 0. The normalized spacial score (nSPS) is 21.5. The second-order valence-electron chi connectivity index (χ2n) is 6.88. The standard InChI is InChI=1S/C9H15IN2O2.C9H14N2O2/c1-2-7(9(11)14)12-5-6(4-10)3-8(12)13;1-3-7(9(10)13)11-5-6(2)4-8(11)12/h6-7H,2-5H2,1H3,(H2,11,14);4,7H,3,5H2,1-2H3,(H2,10,13)/t6?,7-;7-/m00/s1. The van der Waals surface area contributed by atoms with Gasteiger partial charge >= 0.3 is 0 Å². The van der Waals surface area contributed by atoms with Crippen LogP contribution in [0, 0.1) is 5.92 Å². The molecule has 152 valence electrons. The van der Waals surface area contributed by atoms with E-state index in [1.54, 1.807) is 11.0 Å². The Kier molecular flexibility index (Phi) is 9.20. The van der Waals surface area contributed by atoms with Crippen molar-refractivity contribution < 1.29 is 19.2 Å². The van der Waals surface area contributed by atoms with Crippen LogP contribution in [-0.2, 0) is 19.2 Å². The number of nitrogens with two attached hydrogens (primary N) is 2. The maximum Gasteiger partial charge on any atom is 0.247 e. The molecule has 0 aromatic rings. The Morgan fingerprint density at radius 2 is 1.67 bits per heavy atom. The van der Waals surface area contributed by atoms with E-state index < -0.39 is 23.9 Å². The molecule has 4 amide bonds. The summed E-state index contributed by atoms with van der Waals surface area (Å²) in [6, 6.07) is -0.864. The van der Waals surface area contributed by atoms with E-state index in [2.05, 4.69) is 22.6 Å². The van der Waals surface area contributed by atoms with Crippen LogP contribution in [0.4, 0.5) is 0 Å². The van der Waals surface area contributed by atoms with Crippen molar-refractivity contribution in [2.45, 2.75) is 52.1 Å². The second-order valence-corrected chi connectivity index (χ2v) is 7.76. The van der Waals surface area contributed by atoms with Crippen LogP contribution in [0.1, 0.15) is 40.0 Å². The maximum absolute atomic E-state index is 11.6. The molecule has 2 aliphatic rings. The number of primary amides is 2. The zero-order valence-corrected chi connectivity index (χ0v) is 18.3. The minimum absolute atomic E-state index is 0.0670. The summed E-state index contributed by atoms with van der Waals surface area (Å²) in [5, 5.41) is 0. The fraction of sp³-hybridized carbons (Fsp3) is 0.667. The highest BCUT2D eigenvalue weighted by Crippen LogP contribution is 2.22. The molecule has 9 heteroatoms. The van der Waals surface area contributed by atoms with Gasteiger partial charge in [-0.05, 0) is 31.3 Å². The lowest BCUT2D eigenvalue weighted by Gasteiger charge is -2.24. The zero-order chi connectivity index (χ0) is 20.7. The van der Waals surface area contributed by atoms with Gasteiger partial charge in [0, 0.05) is 30.0 Å². The fourth-order valence-corrected chi connectivity index (χ4v) is 3.90. The molecule has 0 aromatic heterocycles. The van der Waals surface area contributed by atoms with Crippen molar-refractivity contribution >= 4 is 46.2 Å². The molecule has 0 saturated carbocycles. The molecule has 27 heavy (non-hydrogen) atoms. The highest BCUT2D eigenvalue weighted by molar-refractivity contribution is 14.1. The molecule has 1 unspecified atom stereocenters. The van der Waals surface area contributed by atoms with Crippen LogP contribution in [0.3, 0.4) is 0 Å². The van der Waals surface area contributed by atoms with Crippen LogP contribution >= 0.6 is 22.6 Å². The van der Waals surface area contributed by atoms with Crippen LogP contribution in [0.2, 0.25) is 0 Å². The van der Waals surface area contributed by atoms with Crippen molar-refractivity contribution in [2.75, 3.05) is 17.5 Å². The zero-order valence-electron chi connectivity index (χ0n) is 16.1. The summed E-state index contributed by atoms with van der Waals surface area (Å²) >= 11 is 2.27. The Morgan fingerprint density at radius 1 is 1.15 bits per heavy atom. The van der Waals surface area contributed by atoms with Gasteiger partial charge in [0.2, 0.25) is 23.6 Å². The van der Waals surface area contributed by atoms with Crippen LogP contribution in [-0.4, -0.2) is 63.0 Å². The predicted molar refractivity (Wildman–Crippen MR) is 111 cm³/mol. The highest BCUT2D eigenvalue weighted by atomic mass is 127. The van der Waals surface area contributed by atoms with Gasteiger partial charge in [-0.1, -0.05) is 36.4 Å². The lowest BCUT2D eigenvalue weighted by molar-refractivity contribution is -0.136. The molecule has 8 nitrogen and oxygen atoms in total. The molecule has 1 saturated heterocycles. The molecular formula is C18H29IN4O4. The van der Waals surface area contributed by atoms with Gasteiger partial charge in [0.25, 0.3) is 0 Å². The number of likely N-dealkylation sites (tertiary alicyclic amines) is 1. The van der Waals surface area contributed by atoms with E-state index in [9.17, 15) is 19.2 Å². The summed E-state index contributed by atoms with van der Waals surface area (Å²) in [6.07, 6.45) is 3.29. The molecule has 2 heterocycles. The number of hydrogen-bond acceptors (Lipinski definition) is 4.